The number of quaternary nitrogens is 1. The first kappa shape index (κ1) is 57.9. The molecule has 0 aromatic rings. The molecular formula is C50H84NO9P. The fourth-order valence-electron chi connectivity index (χ4n) is 5.56. The van der Waals surface area contributed by atoms with Crippen molar-refractivity contribution in [3.63, 3.8) is 0 Å². The van der Waals surface area contributed by atoms with Crippen molar-refractivity contribution in [1.82, 2.24) is 0 Å². The van der Waals surface area contributed by atoms with Gasteiger partial charge in [-0.1, -0.05) is 156 Å². The smallest absolute Gasteiger partial charge is 0.306 e. The highest BCUT2D eigenvalue weighted by molar-refractivity contribution is 7.45. The highest BCUT2D eigenvalue weighted by Gasteiger charge is 2.21. The summed E-state index contributed by atoms with van der Waals surface area (Å²) in [6.45, 7) is 3.86. The molecule has 0 aromatic carbocycles. The zero-order valence-electron chi connectivity index (χ0n) is 38.7. The third-order valence-electron chi connectivity index (χ3n) is 9.18. The Balaban J connectivity index is 4.53. The van der Waals surface area contributed by atoms with Gasteiger partial charge in [-0.05, 0) is 77.0 Å². The Bertz CT molecular complexity index is 1370. The first-order valence-corrected chi connectivity index (χ1v) is 24.5. The number of carbonyl (C=O) groups excluding carboxylic acids is 2. The topological polar surface area (TPSA) is 131 Å². The fraction of sp³-hybridized carbons (Fsp3) is 0.640. The van der Waals surface area contributed by atoms with Crippen LogP contribution in [0.1, 0.15) is 149 Å². The predicted molar refractivity (Wildman–Crippen MR) is 251 cm³/mol. The van der Waals surface area contributed by atoms with Crippen LogP contribution in [0.25, 0.3) is 0 Å². The minimum Gasteiger partial charge on any atom is -0.756 e. The summed E-state index contributed by atoms with van der Waals surface area (Å²) in [4.78, 5) is 37.6. The summed E-state index contributed by atoms with van der Waals surface area (Å²) in [5, 5.41) is 9.85. The van der Waals surface area contributed by atoms with E-state index in [0.717, 1.165) is 57.8 Å². The average molecular weight is 874 g/mol. The minimum atomic E-state index is -4.66. The molecule has 61 heavy (non-hydrogen) atoms. The molecule has 3 atom stereocenters. The van der Waals surface area contributed by atoms with Gasteiger partial charge in [-0.2, -0.15) is 0 Å². The maximum atomic E-state index is 12.7. The molecule has 10 nitrogen and oxygen atoms in total. The third kappa shape index (κ3) is 44.7. The number of rotatable bonds is 40. The van der Waals surface area contributed by atoms with E-state index < -0.39 is 38.6 Å². The lowest BCUT2D eigenvalue weighted by molar-refractivity contribution is -0.870. The van der Waals surface area contributed by atoms with Gasteiger partial charge in [-0.3, -0.25) is 14.2 Å². The molecule has 0 saturated heterocycles. The number of aliphatic hydroxyl groups excluding tert-OH is 1. The molecule has 0 aliphatic rings. The number of likely N-dealkylation sites (N-methyl/N-ethyl adjacent to an activating group) is 1. The van der Waals surface area contributed by atoms with E-state index in [9.17, 15) is 24.2 Å². The van der Waals surface area contributed by atoms with E-state index in [4.69, 9.17) is 18.5 Å². The second-order valence-corrected chi connectivity index (χ2v) is 17.6. The largest absolute Gasteiger partial charge is 0.756 e. The zero-order chi connectivity index (χ0) is 45.1. The van der Waals surface area contributed by atoms with Crippen LogP contribution in [0.2, 0.25) is 0 Å². The van der Waals surface area contributed by atoms with Crippen LogP contribution in [0.15, 0.2) is 97.2 Å². The summed E-state index contributed by atoms with van der Waals surface area (Å²) in [6.07, 6.45) is 50.6. The van der Waals surface area contributed by atoms with Gasteiger partial charge in [-0.15, -0.1) is 0 Å². The molecule has 0 rings (SSSR count). The number of carbonyl (C=O) groups is 2. The quantitative estimate of drug-likeness (QED) is 0.0160. The number of nitrogens with zero attached hydrogens (tertiary/aromatic N) is 1. The molecule has 0 heterocycles. The number of ether oxygens (including phenoxy) is 2. The zero-order valence-corrected chi connectivity index (χ0v) is 39.6. The highest BCUT2D eigenvalue weighted by atomic mass is 31.2. The van der Waals surface area contributed by atoms with Gasteiger partial charge in [0, 0.05) is 12.8 Å². The Morgan fingerprint density at radius 1 is 0.623 bits per heavy atom. The maximum Gasteiger partial charge on any atom is 0.306 e. The van der Waals surface area contributed by atoms with Crippen molar-refractivity contribution < 1.29 is 47.2 Å². The number of aliphatic hydroxyl groups is 1. The summed E-state index contributed by atoms with van der Waals surface area (Å²) in [7, 11) is 1.07. The van der Waals surface area contributed by atoms with E-state index in [1.807, 2.05) is 63.7 Å². The second kappa shape index (κ2) is 40.9. The second-order valence-electron chi connectivity index (χ2n) is 16.2. The van der Waals surface area contributed by atoms with Crippen molar-refractivity contribution in [2.45, 2.75) is 161 Å². The van der Waals surface area contributed by atoms with E-state index in [0.29, 0.717) is 30.3 Å². The van der Waals surface area contributed by atoms with Crippen molar-refractivity contribution in [2.24, 2.45) is 0 Å². The number of allylic oxidation sites excluding steroid dienone is 14. The number of hydrogen-bond donors (Lipinski definition) is 1. The Morgan fingerprint density at radius 2 is 1.18 bits per heavy atom. The maximum absolute atomic E-state index is 12.7. The molecule has 11 heteroatoms. The Labute approximate surface area is 371 Å². The van der Waals surface area contributed by atoms with Crippen molar-refractivity contribution in [3.8, 4) is 0 Å². The molecule has 2 unspecified atom stereocenters. The standard InChI is InChI=1S/C50H84NO9P/c1-6-8-10-11-12-13-14-15-16-17-18-21-24-27-30-33-37-41-49(53)57-45-48(46-59-61(55,56)58-44-43-51(3,4)5)60-50(54)42-38-34-31-28-25-22-19-20-23-26-29-32-36-40-47(52)39-35-9-7-2/h9,12-13,15-16,20,22-23,25,29,31-32,34-36,40,47-48,52H,6-8,10-11,14,17-19,21,24,26-28,30,33,37-39,41-46H2,1-5H3/b13-12-,16-15-,23-20-,25-22-,32-29+,34-31-,35-9-,40-36+/t47?,48-/m1/s1. The van der Waals surface area contributed by atoms with Gasteiger partial charge in [-0.25, -0.2) is 0 Å². The first-order chi connectivity index (χ1) is 29.4. The SMILES string of the molecule is CC/C=C\CC(O)/C=C/C=C/C/C=C\C/C=C\C/C=C\CCC(=O)O[C@H](COC(=O)CCCCCCCCC/C=C\C/C=C\CCCCC)COP(=O)([O-])OCC[N+](C)(C)C. The molecule has 0 bridgehead atoms. The van der Waals surface area contributed by atoms with Crippen molar-refractivity contribution in [2.75, 3.05) is 47.5 Å². The van der Waals surface area contributed by atoms with Crippen molar-refractivity contribution >= 4 is 19.8 Å². The lowest BCUT2D eigenvalue weighted by atomic mass is 10.1. The van der Waals surface area contributed by atoms with Gasteiger partial charge < -0.3 is 33.0 Å². The molecule has 0 amide bonds. The van der Waals surface area contributed by atoms with Crippen LogP contribution in [-0.2, 0) is 32.7 Å². The number of phosphoric acid groups is 1. The van der Waals surface area contributed by atoms with Crippen LogP contribution in [0.3, 0.4) is 0 Å². The third-order valence-corrected chi connectivity index (χ3v) is 10.1. The molecular weight excluding hydrogens is 790 g/mol. The van der Waals surface area contributed by atoms with Gasteiger partial charge in [0.05, 0.1) is 33.9 Å². The van der Waals surface area contributed by atoms with Crippen LogP contribution >= 0.6 is 7.82 Å². The van der Waals surface area contributed by atoms with Gasteiger partial charge >= 0.3 is 11.9 Å². The van der Waals surface area contributed by atoms with Gasteiger partial charge in [0.15, 0.2) is 6.10 Å². The van der Waals surface area contributed by atoms with Gasteiger partial charge in [0.1, 0.15) is 19.8 Å². The summed E-state index contributed by atoms with van der Waals surface area (Å²) in [5.41, 5.74) is 0. The number of phosphoric ester groups is 1. The molecule has 0 saturated carbocycles. The lowest BCUT2D eigenvalue weighted by Crippen LogP contribution is -2.37. The molecule has 1 N–H and O–H groups in total. The fourth-order valence-corrected chi connectivity index (χ4v) is 6.29. The normalized spacial score (nSPS) is 14.9. The Hall–Kier alpha value is -3.11. The van der Waals surface area contributed by atoms with Crippen LogP contribution in [0, 0.1) is 0 Å². The number of hydrogen-bond acceptors (Lipinski definition) is 9. The summed E-state index contributed by atoms with van der Waals surface area (Å²) >= 11 is 0. The Morgan fingerprint density at radius 3 is 1.79 bits per heavy atom. The van der Waals surface area contributed by atoms with E-state index in [-0.39, 0.29) is 26.1 Å². The van der Waals surface area contributed by atoms with E-state index in [1.54, 1.807) is 6.08 Å². The van der Waals surface area contributed by atoms with E-state index in [2.05, 4.69) is 62.5 Å². The van der Waals surface area contributed by atoms with E-state index in [1.165, 1.54) is 44.9 Å². The summed E-state index contributed by atoms with van der Waals surface area (Å²) in [6, 6.07) is 0. The molecule has 0 aliphatic heterocycles. The molecule has 0 aromatic heterocycles. The molecule has 348 valence electrons. The first-order valence-electron chi connectivity index (χ1n) is 23.1. The predicted octanol–water partition coefficient (Wildman–Crippen LogP) is 11.7. The van der Waals surface area contributed by atoms with Crippen LogP contribution in [-0.4, -0.2) is 81.2 Å². The molecule has 0 aliphatic carbocycles. The van der Waals surface area contributed by atoms with Crippen LogP contribution < -0.4 is 4.89 Å². The van der Waals surface area contributed by atoms with Crippen LogP contribution in [0.5, 0.6) is 0 Å². The average Bonchev–Trinajstić information content (AvgIpc) is 3.21. The van der Waals surface area contributed by atoms with Gasteiger partial charge in [0.25, 0.3) is 7.82 Å². The van der Waals surface area contributed by atoms with Crippen LogP contribution in [0.4, 0.5) is 0 Å². The monoisotopic (exact) mass is 874 g/mol. The number of esters is 2. The van der Waals surface area contributed by atoms with E-state index >= 15 is 0 Å². The van der Waals surface area contributed by atoms with Crippen molar-refractivity contribution in [3.05, 3.63) is 97.2 Å². The molecule has 0 radical (unpaired) electrons. The molecule has 0 spiro atoms. The number of unbranched alkanes of at least 4 members (excludes halogenated alkanes) is 10. The minimum absolute atomic E-state index is 0.0583. The highest BCUT2D eigenvalue weighted by Crippen LogP contribution is 2.38. The molecule has 0 fully saturated rings. The van der Waals surface area contributed by atoms with Gasteiger partial charge in [0.2, 0.25) is 0 Å². The van der Waals surface area contributed by atoms with Crippen molar-refractivity contribution in [1.29, 1.82) is 0 Å². The Kier molecular flexibility index (Phi) is 38.8. The lowest BCUT2D eigenvalue weighted by Gasteiger charge is -2.28. The summed E-state index contributed by atoms with van der Waals surface area (Å²) in [5.74, 6) is -0.972. The summed E-state index contributed by atoms with van der Waals surface area (Å²) < 4.78 is 33.8.